The Morgan fingerprint density at radius 3 is 2.64 bits per heavy atom. The van der Waals surface area contributed by atoms with Gasteiger partial charge in [0.2, 0.25) is 11.8 Å². The largest absolute Gasteiger partial charge is 0.326 e. The second-order valence-corrected chi connectivity index (χ2v) is 5.33. The first-order valence-corrected chi connectivity index (χ1v) is 7.17. The molecule has 122 valence electrons. The number of carbonyl (C=O) groups is 2. The van der Waals surface area contributed by atoms with E-state index in [9.17, 15) is 9.59 Å². The van der Waals surface area contributed by atoms with Crippen LogP contribution in [0.4, 0.5) is 11.4 Å². The van der Waals surface area contributed by atoms with Gasteiger partial charge >= 0.3 is 0 Å². The van der Waals surface area contributed by atoms with E-state index in [4.69, 9.17) is 0 Å². The van der Waals surface area contributed by atoms with Crippen LogP contribution in [-0.2, 0) is 9.59 Å². The van der Waals surface area contributed by atoms with E-state index >= 15 is 0 Å². The van der Waals surface area contributed by atoms with Crippen molar-refractivity contribution in [3.8, 4) is 0 Å². The van der Waals surface area contributed by atoms with Crippen LogP contribution in [0.15, 0.2) is 24.3 Å². The third-order valence-electron chi connectivity index (χ3n) is 3.45. The SMILES string of the molecule is CC(=O)Nc1cccc(NC(=O)CN2CCNC[C@H]2C)c1.Cl. The van der Waals surface area contributed by atoms with Crippen molar-refractivity contribution in [3.63, 3.8) is 0 Å². The minimum absolute atomic E-state index is 0. The molecule has 0 unspecified atom stereocenters. The maximum absolute atomic E-state index is 12.1. The van der Waals surface area contributed by atoms with Gasteiger partial charge in [0.1, 0.15) is 0 Å². The van der Waals surface area contributed by atoms with Gasteiger partial charge in [-0.1, -0.05) is 6.07 Å². The highest BCUT2D eigenvalue weighted by molar-refractivity contribution is 5.94. The van der Waals surface area contributed by atoms with Crippen LogP contribution in [0.2, 0.25) is 0 Å². The van der Waals surface area contributed by atoms with Crippen LogP contribution in [-0.4, -0.2) is 48.9 Å². The average molecular weight is 327 g/mol. The van der Waals surface area contributed by atoms with E-state index in [1.807, 2.05) is 6.07 Å². The Balaban J connectivity index is 0.00000242. The van der Waals surface area contributed by atoms with Crippen molar-refractivity contribution >= 4 is 35.6 Å². The number of carbonyl (C=O) groups excluding carboxylic acids is 2. The van der Waals surface area contributed by atoms with Crippen LogP contribution < -0.4 is 16.0 Å². The summed E-state index contributed by atoms with van der Waals surface area (Å²) >= 11 is 0. The monoisotopic (exact) mass is 326 g/mol. The maximum Gasteiger partial charge on any atom is 0.238 e. The van der Waals surface area contributed by atoms with Crippen LogP contribution in [0, 0.1) is 0 Å². The van der Waals surface area contributed by atoms with Crippen LogP contribution in [0.1, 0.15) is 13.8 Å². The molecule has 0 spiro atoms. The number of amides is 2. The molecule has 3 N–H and O–H groups in total. The first kappa shape index (κ1) is 18.4. The molecule has 0 saturated carbocycles. The molecule has 0 aliphatic carbocycles. The molecule has 1 heterocycles. The zero-order valence-electron chi connectivity index (χ0n) is 12.9. The standard InChI is InChI=1S/C15H22N4O2.ClH/c1-11-9-16-6-7-19(11)10-15(21)18-14-5-3-4-13(8-14)17-12(2)20;/h3-5,8,11,16H,6-7,9-10H2,1-2H3,(H,17,20)(H,18,21);1H/t11-;/m1./s1. The first-order valence-electron chi connectivity index (χ1n) is 7.17. The van der Waals surface area contributed by atoms with Crippen molar-refractivity contribution in [1.29, 1.82) is 0 Å². The Morgan fingerprint density at radius 2 is 2.00 bits per heavy atom. The molecule has 1 aromatic carbocycles. The molecule has 6 nitrogen and oxygen atoms in total. The fourth-order valence-electron chi connectivity index (χ4n) is 2.38. The second-order valence-electron chi connectivity index (χ2n) is 5.33. The number of nitrogens with one attached hydrogen (secondary N) is 3. The Kier molecular flexibility index (Phi) is 7.31. The summed E-state index contributed by atoms with van der Waals surface area (Å²) in [6.07, 6.45) is 0. The molecule has 0 aromatic heterocycles. The van der Waals surface area contributed by atoms with Gasteiger partial charge in [-0.15, -0.1) is 12.4 Å². The molecule has 1 atom stereocenters. The molecule has 0 bridgehead atoms. The van der Waals surface area contributed by atoms with Gasteiger partial charge in [-0.3, -0.25) is 14.5 Å². The van der Waals surface area contributed by atoms with E-state index in [2.05, 4.69) is 27.8 Å². The summed E-state index contributed by atoms with van der Waals surface area (Å²) in [5.74, 6) is -0.170. The molecular formula is C15H23ClN4O2. The third kappa shape index (κ3) is 5.63. The molecule has 22 heavy (non-hydrogen) atoms. The summed E-state index contributed by atoms with van der Waals surface area (Å²) in [7, 11) is 0. The van der Waals surface area contributed by atoms with Gasteiger partial charge in [-0.05, 0) is 25.1 Å². The van der Waals surface area contributed by atoms with Crippen molar-refractivity contribution in [1.82, 2.24) is 10.2 Å². The molecule has 1 saturated heterocycles. The fraction of sp³-hybridized carbons (Fsp3) is 0.467. The zero-order valence-corrected chi connectivity index (χ0v) is 13.7. The number of hydrogen-bond acceptors (Lipinski definition) is 4. The molecule has 2 amide bonds. The van der Waals surface area contributed by atoms with E-state index in [1.54, 1.807) is 18.2 Å². The second kappa shape index (κ2) is 8.73. The number of nitrogens with zero attached hydrogens (tertiary/aromatic N) is 1. The molecular weight excluding hydrogens is 304 g/mol. The molecule has 7 heteroatoms. The number of anilines is 2. The van der Waals surface area contributed by atoms with Gasteiger partial charge in [0.15, 0.2) is 0 Å². The predicted octanol–water partition coefficient (Wildman–Crippen LogP) is 1.30. The highest BCUT2D eigenvalue weighted by Crippen LogP contribution is 2.15. The van der Waals surface area contributed by atoms with Crippen LogP contribution in [0.5, 0.6) is 0 Å². The number of rotatable bonds is 4. The quantitative estimate of drug-likeness (QED) is 0.780. The topological polar surface area (TPSA) is 73.5 Å². The summed E-state index contributed by atoms with van der Waals surface area (Å²) in [6, 6.07) is 7.50. The summed E-state index contributed by atoms with van der Waals surface area (Å²) in [4.78, 5) is 25.3. The Hall–Kier alpha value is -1.63. The normalized spacial score (nSPS) is 18.2. The number of halogens is 1. The first-order chi connectivity index (χ1) is 10.0. The lowest BCUT2D eigenvalue weighted by Crippen LogP contribution is -2.51. The molecule has 2 rings (SSSR count). The molecule has 0 radical (unpaired) electrons. The van der Waals surface area contributed by atoms with Crippen molar-refractivity contribution in [3.05, 3.63) is 24.3 Å². The van der Waals surface area contributed by atoms with Crippen molar-refractivity contribution in [2.24, 2.45) is 0 Å². The minimum Gasteiger partial charge on any atom is -0.326 e. The zero-order chi connectivity index (χ0) is 15.2. The molecule has 1 aromatic rings. The Morgan fingerprint density at radius 1 is 1.32 bits per heavy atom. The van der Waals surface area contributed by atoms with E-state index in [0.29, 0.717) is 24.0 Å². The van der Waals surface area contributed by atoms with Crippen molar-refractivity contribution < 1.29 is 9.59 Å². The smallest absolute Gasteiger partial charge is 0.238 e. The maximum atomic E-state index is 12.1. The fourth-order valence-corrected chi connectivity index (χ4v) is 2.38. The summed E-state index contributed by atoms with van der Waals surface area (Å²) in [6.45, 7) is 6.64. The van der Waals surface area contributed by atoms with Gasteiger partial charge in [-0.2, -0.15) is 0 Å². The van der Waals surface area contributed by atoms with Gasteiger partial charge in [-0.25, -0.2) is 0 Å². The average Bonchev–Trinajstić information content (AvgIpc) is 2.41. The van der Waals surface area contributed by atoms with Crippen molar-refractivity contribution in [2.45, 2.75) is 19.9 Å². The highest BCUT2D eigenvalue weighted by atomic mass is 35.5. The van der Waals surface area contributed by atoms with Crippen molar-refractivity contribution in [2.75, 3.05) is 36.8 Å². The predicted molar refractivity (Wildman–Crippen MR) is 90.5 cm³/mol. The lowest BCUT2D eigenvalue weighted by Gasteiger charge is -2.33. The van der Waals surface area contributed by atoms with Gasteiger partial charge in [0, 0.05) is 44.0 Å². The lowest BCUT2D eigenvalue weighted by atomic mass is 10.2. The number of benzene rings is 1. The molecule has 1 aliphatic rings. The highest BCUT2D eigenvalue weighted by Gasteiger charge is 2.20. The minimum atomic E-state index is -0.131. The van der Waals surface area contributed by atoms with Gasteiger partial charge in [0.25, 0.3) is 0 Å². The Labute approximate surface area is 137 Å². The molecule has 1 aliphatic heterocycles. The van der Waals surface area contributed by atoms with E-state index in [1.165, 1.54) is 6.92 Å². The number of hydrogen-bond donors (Lipinski definition) is 3. The summed E-state index contributed by atoms with van der Waals surface area (Å²) < 4.78 is 0. The summed E-state index contributed by atoms with van der Waals surface area (Å²) in [5, 5.41) is 8.87. The van der Waals surface area contributed by atoms with Crippen LogP contribution >= 0.6 is 12.4 Å². The van der Waals surface area contributed by atoms with E-state index in [-0.39, 0.29) is 24.2 Å². The van der Waals surface area contributed by atoms with Crippen LogP contribution in [0.25, 0.3) is 0 Å². The molecule has 1 fully saturated rings. The third-order valence-corrected chi connectivity index (χ3v) is 3.45. The van der Waals surface area contributed by atoms with Gasteiger partial charge < -0.3 is 16.0 Å². The van der Waals surface area contributed by atoms with Crippen LogP contribution in [0.3, 0.4) is 0 Å². The summed E-state index contributed by atoms with van der Waals surface area (Å²) in [5.41, 5.74) is 1.37. The van der Waals surface area contributed by atoms with E-state index in [0.717, 1.165) is 19.6 Å². The van der Waals surface area contributed by atoms with Gasteiger partial charge in [0.05, 0.1) is 6.54 Å². The lowest BCUT2D eigenvalue weighted by molar-refractivity contribution is -0.118. The number of piperazine rings is 1. The van der Waals surface area contributed by atoms with E-state index < -0.39 is 0 Å². The Bertz CT molecular complexity index is 524.